The van der Waals surface area contributed by atoms with Gasteiger partial charge in [0.05, 0.1) is 6.10 Å². The molecule has 33 heavy (non-hydrogen) atoms. The van der Waals surface area contributed by atoms with E-state index in [1.54, 1.807) is 6.92 Å². The number of carboxylic acid groups (broad SMARTS) is 1. The fourth-order valence-electron chi connectivity index (χ4n) is 4.08. The number of carbonyl (C=O) groups excluding carboxylic acids is 2. The number of carboxylic acids is 1. The average Bonchev–Trinajstić information content (AvgIpc) is 3.13. The maximum Gasteiger partial charge on any atom is 0.407 e. The Balaban J connectivity index is 1.57. The summed E-state index contributed by atoms with van der Waals surface area (Å²) in [6.45, 7) is 3.56. The first-order chi connectivity index (χ1) is 15.8. The van der Waals surface area contributed by atoms with E-state index in [0.717, 1.165) is 22.3 Å². The molecule has 1 aliphatic carbocycles. The topological polar surface area (TPSA) is 114 Å². The molecule has 0 heterocycles. The number of aliphatic carboxylic acids is 1. The molecule has 0 saturated heterocycles. The molecular weight excluding hydrogens is 424 g/mol. The van der Waals surface area contributed by atoms with E-state index in [9.17, 15) is 19.5 Å². The van der Waals surface area contributed by atoms with Gasteiger partial charge in [-0.1, -0.05) is 55.5 Å². The molecule has 3 N–H and O–H groups in total. The molecule has 1 aliphatic rings. The zero-order chi connectivity index (χ0) is 24.0. The second-order valence-electron chi connectivity index (χ2n) is 8.10. The smallest absolute Gasteiger partial charge is 0.407 e. The molecule has 0 aliphatic heterocycles. The zero-order valence-corrected chi connectivity index (χ0v) is 19.0. The molecule has 2 aromatic rings. The van der Waals surface area contributed by atoms with Crippen molar-refractivity contribution in [3.8, 4) is 11.1 Å². The first kappa shape index (κ1) is 24.3. The van der Waals surface area contributed by atoms with E-state index in [1.807, 2.05) is 43.3 Å². The molecule has 0 unspecified atom stereocenters. The number of ether oxygens (including phenoxy) is 2. The lowest BCUT2D eigenvalue weighted by molar-refractivity contribution is -0.145. The zero-order valence-electron chi connectivity index (χ0n) is 19.0. The van der Waals surface area contributed by atoms with Crippen LogP contribution in [0.3, 0.4) is 0 Å². The van der Waals surface area contributed by atoms with Crippen molar-refractivity contribution in [3.05, 3.63) is 59.7 Å². The number of rotatable bonds is 10. The molecule has 8 heteroatoms. The normalized spacial score (nSPS) is 15.0. The Bertz CT molecular complexity index is 962. The SMILES string of the molecule is CC[C@H](CC(=O)N[C@H](C(=O)O)[C@@H](C)OC)NC(=O)OCC1c2ccccc2-c2ccccc21. The van der Waals surface area contributed by atoms with Crippen LogP contribution in [-0.2, 0) is 19.1 Å². The van der Waals surface area contributed by atoms with Crippen LogP contribution in [0.15, 0.2) is 48.5 Å². The summed E-state index contributed by atoms with van der Waals surface area (Å²) < 4.78 is 10.5. The van der Waals surface area contributed by atoms with Crippen LogP contribution >= 0.6 is 0 Å². The molecule has 0 aromatic heterocycles. The molecule has 8 nitrogen and oxygen atoms in total. The van der Waals surface area contributed by atoms with Crippen LogP contribution in [0.2, 0.25) is 0 Å². The van der Waals surface area contributed by atoms with E-state index >= 15 is 0 Å². The summed E-state index contributed by atoms with van der Waals surface area (Å²) in [7, 11) is 1.38. The highest BCUT2D eigenvalue weighted by Crippen LogP contribution is 2.44. The third kappa shape index (κ3) is 5.70. The third-order valence-corrected chi connectivity index (χ3v) is 6.01. The van der Waals surface area contributed by atoms with E-state index in [1.165, 1.54) is 7.11 Å². The van der Waals surface area contributed by atoms with Crippen LogP contribution in [0.25, 0.3) is 11.1 Å². The average molecular weight is 455 g/mol. The lowest BCUT2D eigenvalue weighted by Gasteiger charge is -2.22. The number of hydrogen-bond acceptors (Lipinski definition) is 5. The molecule has 0 radical (unpaired) electrons. The minimum absolute atomic E-state index is 0.0571. The van der Waals surface area contributed by atoms with Crippen LogP contribution < -0.4 is 10.6 Å². The van der Waals surface area contributed by atoms with Gasteiger partial charge in [-0.2, -0.15) is 0 Å². The molecule has 0 bridgehead atoms. The third-order valence-electron chi connectivity index (χ3n) is 6.01. The van der Waals surface area contributed by atoms with Gasteiger partial charge in [-0.05, 0) is 35.6 Å². The Kier molecular flexibility index (Phi) is 8.06. The van der Waals surface area contributed by atoms with Crippen LogP contribution in [0.4, 0.5) is 4.79 Å². The Morgan fingerprint density at radius 2 is 1.58 bits per heavy atom. The monoisotopic (exact) mass is 454 g/mol. The van der Waals surface area contributed by atoms with Gasteiger partial charge in [-0.25, -0.2) is 9.59 Å². The molecule has 3 rings (SSSR count). The maximum absolute atomic E-state index is 12.5. The van der Waals surface area contributed by atoms with Crippen molar-refractivity contribution in [1.82, 2.24) is 10.6 Å². The minimum atomic E-state index is -1.18. The Labute approximate surface area is 193 Å². The number of alkyl carbamates (subject to hydrolysis) is 1. The van der Waals surface area contributed by atoms with Gasteiger partial charge in [-0.15, -0.1) is 0 Å². The van der Waals surface area contributed by atoms with Crippen LogP contribution in [0, 0.1) is 0 Å². The highest BCUT2D eigenvalue weighted by Gasteiger charge is 2.30. The van der Waals surface area contributed by atoms with Crippen molar-refractivity contribution in [2.75, 3.05) is 13.7 Å². The van der Waals surface area contributed by atoms with E-state index < -0.39 is 36.2 Å². The number of benzene rings is 2. The highest BCUT2D eigenvalue weighted by molar-refractivity contribution is 5.84. The highest BCUT2D eigenvalue weighted by atomic mass is 16.5. The van der Waals surface area contributed by atoms with E-state index in [4.69, 9.17) is 9.47 Å². The van der Waals surface area contributed by atoms with Gasteiger partial charge < -0.3 is 25.2 Å². The molecule has 2 aromatic carbocycles. The van der Waals surface area contributed by atoms with Crippen LogP contribution in [-0.4, -0.2) is 55.0 Å². The van der Waals surface area contributed by atoms with Crippen LogP contribution in [0.1, 0.15) is 43.7 Å². The summed E-state index contributed by atoms with van der Waals surface area (Å²) >= 11 is 0. The molecular formula is C25H30N2O6. The number of fused-ring (bicyclic) bond motifs is 3. The largest absolute Gasteiger partial charge is 0.480 e. The molecule has 3 atom stereocenters. The Morgan fingerprint density at radius 3 is 2.09 bits per heavy atom. The van der Waals surface area contributed by atoms with Crippen molar-refractivity contribution < 1.29 is 29.0 Å². The first-order valence-electron chi connectivity index (χ1n) is 11.0. The van der Waals surface area contributed by atoms with Crippen molar-refractivity contribution in [3.63, 3.8) is 0 Å². The molecule has 0 saturated carbocycles. The van der Waals surface area contributed by atoms with Gasteiger partial charge >= 0.3 is 12.1 Å². The number of carbonyl (C=O) groups is 3. The predicted molar refractivity (Wildman–Crippen MR) is 123 cm³/mol. The Hall–Kier alpha value is -3.39. The number of amides is 2. The van der Waals surface area contributed by atoms with Gasteiger partial charge in [0.2, 0.25) is 5.91 Å². The summed E-state index contributed by atoms with van der Waals surface area (Å²) in [4.78, 5) is 36.2. The molecule has 0 spiro atoms. The van der Waals surface area contributed by atoms with E-state index in [-0.39, 0.29) is 18.9 Å². The van der Waals surface area contributed by atoms with Gasteiger partial charge in [-0.3, -0.25) is 4.79 Å². The standard InChI is InChI=1S/C25H30N2O6/c1-4-16(13-22(28)27-23(24(29)30)15(2)32-3)26-25(31)33-14-21-19-11-7-5-9-17(19)18-10-6-8-12-20(18)21/h5-12,15-16,21,23H,4,13-14H2,1-3H3,(H,26,31)(H,27,28)(H,29,30)/t15-,16-,23+/m1/s1. The summed E-state index contributed by atoms with van der Waals surface area (Å²) in [5.74, 6) is -1.73. The molecule has 2 amide bonds. The van der Waals surface area contributed by atoms with Gasteiger partial charge in [0.15, 0.2) is 6.04 Å². The van der Waals surface area contributed by atoms with Gasteiger partial charge in [0.1, 0.15) is 6.61 Å². The van der Waals surface area contributed by atoms with Gasteiger partial charge in [0.25, 0.3) is 0 Å². The fraction of sp³-hybridized carbons (Fsp3) is 0.400. The first-order valence-corrected chi connectivity index (χ1v) is 11.0. The van der Waals surface area contributed by atoms with Crippen LogP contribution in [0.5, 0.6) is 0 Å². The predicted octanol–water partition coefficient (Wildman–Crippen LogP) is 3.30. The van der Waals surface area contributed by atoms with Crippen molar-refractivity contribution >= 4 is 18.0 Å². The summed E-state index contributed by atoms with van der Waals surface area (Å²) in [6.07, 6.45) is -0.894. The van der Waals surface area contributed by atoms with E-state index in [2.05, 4.69) is 22.8 Å². The summed E-state index contributed by atoms with van der Waals surface area (Å²) in [5.41, 5.74) is 4.52. The van der Waals surface area contributed by atoms with Crippen molar-refractivity contribution in [1.29, 1.82) is 0 Å². The van der Waals surface area contributed by atoms with E-state index in [0.29, 0.717) is 6.42 Å². The molecule has 176 valence electrons. The number of hydrogen-bond donors (Lipinski definition) is 3. The number of methoxy groups -OCH3 is 1. The second-order valence-corrected chi connectivity index (χ2v) is 8.10. The number of nitrogens with one attached hydrogen (secondary N) is 2. The lowest BCUT2D eigenvalue weighted by atomic mass is 9.98. The maximum atomic E-state index is 12.5. The summed E-state index contributed by atoms with van der Waals surface area (Å²) in [5, 5.41) is 14.5. The van der Waals surface area contributed by atoms with Crippen molar-refractivity contribution in [2.45, 2.75) is 50.8 Å². The van der Waals surface area contributed by atoms with Gasteiger partial charge in [0, 0.05) is 25.5 Å². The minimum Gasteiger partial charge on any atom is -0.480 e. The lowest BCUT2D eigenvalue weighted by Crippen LogP contribution is -2.50. The van der Waals surface area contributed by atoms with Crippen molar-refractivity contribution in [2.24, 2.45) is 0 Å². The second kappa shape index (κ2) is 11.0. The fourth-order valence-corrected chi connectivity index (χ4v) is 4.08. The Morgan fingerprint density at radius 1 is 1.00 bits per heavy atom. The quantitative estimate of drug-likeness (QED) is 0.508. The summed E-state index contributed by atoms with van der Waals surface area (Å²) in [6, 6.07) is 14.5. The molecule has 0 fully saturated rings.